The van der Waals surface area contributed by atoms with Crippen LogP contribution in [0.3, 0.4) is 0 Å². The topological polar surface area (TPSA) is 229 Å². The van der Waals surface area contributed by atoms with Gasteiger partial charge in [-0.3, -0.25) is 0 Å². The van der Waals surface area contributed by atoms with E-state index in [2.05, 4.69) is 0 Å². The Morgan fingerprint density at radius 3 is 0.333 bits per heavy atom. The lowest BCUT2D eigenvalue weighted by atomic mass is 10.3. The van der Waals surface area contributed by atoms with Crippen LogP contribution in [0.1, 0.15) is 0 Å². The number of alkyl halides is 12. The molecule has 0 saturated carbocycles. The first-order chi connectivity index (χ1) is 49.6. The molecule has 10 aromatic carbocycles. The van der Waals surface area contributed by atoms with E-state index in [-0.39, 0.29) is 42.4 Å². The first kappa shape index (κ1) is 90.5. The highest BCUT2D eigenvalue weighted by atomic mass is 32.2. The molecule has 0 spiro atoms. The van der Waals surface area contributed by atoms with E-state index in [1.54, 1.807) is 48.5 Å². The predicted octanol–water partition coefficient (Wildman–Crippen LogP) is 13.4. The lowest BCUT2D eigenvalue weighted by molar-refractivity contribution is -0.0522. The van der Waals surface area contributed by atoms with Crippen molar-refractivity contribution in [3.05, 3.63) is 289 Å². The molecular formula is C64H40F24O12P4S4. The maximum absolute atomic E-state index is 17.2. The fraction of sp³-hybridized carbons (Fsp3) is 0.0625. The molecular weight excluding hydrogens is 1670 g/mol. The molecule has 0 aliphatic carbocycles. The SMILES string of the molecule is Fc1c(F)c([P+](F)(c2ccccc2)c2ccccc2)c(F)c(F)c1[P+](F)(c1ccccc1)c1ccccc1.Fc1c(F)c([P+](F)(c2ccccc2)c2ccccc2)c(F)c(F)c1[P+](F)(c1ccccc1)c1ccccc1.O=S(=O)([O-])C(F)(F)F.O=S(=O)([O-])C(F)(F)F.O=S(=O)([O-])C(F)(F)F.O=S(=O)([O-])C(F)(F)F. The van der Waals surface area contributed by atoms with Crippen LogP contribution in [-0.4, -0.2) is 73.9 Å². The first-order valence-electron chi connectivity index (χ1n) is 28.2. The minimum Gasteiger partial charge on any atom is -0.741 e. The van der Waals surface area contributed by atoms with Gasteiger partial charge in [0, 0.05) is 0 Å². The standard InChI is InChI=1S/2C30H20F6P2.4CHF3O3S/c2*31-25-27(33)30(38(36,23-17-9-3-10-18-23)24-19-11-4-12-20-24)28(34)26(32)29(25)37(35,21-13-5-1-6-14-21)22-15-7-2-8-16-22;4*2-1(3,4)8(5,6)7/h2*1-20H;4*(H,5,6,7)/q2*+2;;;;/p-4. The molecule has 12 nitrogen and oxygen atoms in total. The molecule has 0 aliphatic heterocycles. The monoisotopic (exact) mass is 1710 g/mol. The van der Waals surface area contributed by atoms with E-state index in [9.17, 15) is 52.7 Å². The van der Waals surface area contributed by atoms with Crippen LogP contribution < -0.4 is 63.7 Å². The van der Waals surface area contributed by atoms with Gasteiger partial charge in [-0.05, 0) is 114 Å². The van der Waals surface area contributed by atoms with Crippen LogP contribution in [0.2, 0.25) is 0 Å². The summed E-state index contributed by atoms with van der Waals surface area (Å²) in [6.07, 6.45) is 0. The third kappa shape index (κ3) is 20.5. The van der Waals surface area contributed by atoms with Crippen molar-refractivity contribution in [1.29, 1.82) is 0 Å². The highest BCUT2D eigenvalue weighted by molar-refractivity contribution is 7.93. The zero-order valence-corrected chi connectivity index (χ0v) is 59.3. The molecule has 0 heterocycles. The number of rotatable bonds is 12. The van der Waals surface area contributed by atoms with Gasteiger partial charge >= 0.3 is 52.3 Å². The van der Waals surface area contributed by atoms with E-state index >= 15 is 51.9 Å². The summed E-state index contributed by atoms with van der Waals surface area (Å²) in [5.74, 6) is -15.6. The fourth-order valence-corrected chi connectivity index (χ4v) is 19.9. The molecule has 44 heteroatoms. The second-order valence-electron chi connectivity index (χ2n) is 20.5. The van der Waals surface area contributed by atoms with Gasteiger partial charge in [0.2, 0.25) is 67.8 Å². The molecule has 0 saturated heterocycles. The number of benzene rings is 10. The zero-order chi connectivity index (χ0) is 81.8. The quantitative estimate of drug-likeness (QED) is 0.0366. The summed E-state index contributed by atoms with van der Waals surface area (Å²) in [5.41, 5.74) is -22.6. The molecule has 0 unspecified atom stereocenters. The van der Waals surface area contributed by atoms with Crippen LogP contribution in [0.15, 0.2) is 243 Å². The first-order valence-corrected chi connectivity index (χ1v) is 40.6. The Labute approximate surface area is 599 Å². The number of hydrogen-bond donors (Lipinski definition) is 0. The molecule has 0 aromatic heterocycles. The highest BCUT2D eigenvalue weighted by Gasteiger charge is 2.62. The third-order valence-corrected chi connectivity index (χ3v) is 28.1. The third-order valence-electron chi connectivity index (χ3n) is 13.7. The van der Waals surface area contributed by atoms with E-state index < -0.39 is 161 Å². The highest BCUT2D eigenvalue weighted by Crippen LogP contribution is 2.63. The van der Waals surface area contributed by atoms with Crippen LogP contribution in [0, 0.1) is 46.5 Å². The van der Waals surface area contributed by atoms with E-state index in [1.165, 1.54) is 194 Å². The summed E-state index contributed by atoms with van der Waals surface area (Å²) in [7, 11) is -43.2. The van der Waals surface area contributed by atoms with Crippen molar-refractivity contribution in [3.63, 3.8) is 0 Å². The summed E-state index contributed by atoms with van der Waals surface area (Å²) in [6, 6.07) is 57.0. The Kier molecular flexibility index (Phi) is 29.6. The van der Waals surface area contributed by atoms with Crippen molar-refractivity contribution in [2.75, 3.05) is 0 Å². The van der Waals surface area contributed by atoms with Gasteiger partial charge in [-0.25, -0.2) is 33.7 Å². The van der Waals surface area contributed by atoms with Gasteiger partial charge in [-0.1, -0.05) is 146 Å². The minimum atomic E-state index is -6.09. The van der Waals surface area contributed by atoms with Gasteiger partial charge in [0.1, 0.15) is 42.4 Å². The van der Waals surface area contributed by atoms with Crippen LogP contribution in [-0.2, 0) is 40.5 Å². The molecule has 0 radical (unpaired) electrons. The Hall–Kier alpha value is -8.12. The maximum Gasteiger partial charge on any atom is 0.485 e. The molecule has 108 heavy (non-hydrogen) atoms. The van der Waals surface area contributed by atoms with E-state index in [0.717, 1.165) is 0 Å². The molecule has 0 aliphatic rings. The molecule has 580 valence electrons. The van der Waals surface area contributed by atoms with Crippen molar-refractivity contribution >= 4 is 134 Å². The van der Waals surface area contributed by atoms with Gasteiger partial charge < -0.3 is 18.2 Å². The largest absolute Gasteiger partial charge is 0.741 e. The Bertz CT molecular complexity index is 4320. The van der Waals surface area contributed by atoms with Crippen molar-refractivity contribution in [2.24, 2.45) is 0 Å². The molecule has 0 N–H and O–H groups in total. The van der Waals surface area contributed by atoms with Gasteiger partial charge in [0.05, 0.1) is 0 Å². The van der Waals surface area contributed by atoms with Crippen LogP contribution in [0.25, 0.3) is 0 Å². The molecule has 0 atom stereocenters. The lowest BCUT2D eigenvalue weighted by Crippen LogP contribution is -2.40. The van der Waals surface area contributed by atoms with Crippen molar-refractivity contribution in [2.45, 2.75) is 22.0 Å². The minimum absolute atomic E-state index is 0.136. The van der Waals surface area contributed by atoms with Gasteiger partial charge in [0.25, 0.3) is 0 Å². The Morgan fingerprint density at radius 1 is 0.194 bits per heavy atom. The number of hydrogen-bond acceptors (Lipinski definition) is 12. The summed E-state index contributed by atoms with van der Waals surface area (Å²) < 4.78 is 432. The zero-order valence-electron chi connectivity index (χ0n) is 52.5. The van der Waals surface area contributed by atoms with Crippen molar-refractivity contribution in [1.82, 2.24) is 0 Å². The molecule has 10 aromatic rings. The smallest absolute Gasteiger partial charge is 0.485 e. The summed E-state index contributed by atoms with van der Waals surface area (Å²) in [6.45, 7) is 0. The molecule has 0 amide bonds. The summed E-state index contributed by atoms with van der Waals surface area (Å²) >= 11 is 0. The van der Waals surface area contributed by atoms with E-state index in [0.29, 0.717) is 0 Å². The molecule has 10 rings (SSSR count). The predicted molar refractivity (Wildman–Crippen MR) is 355 cm³/mol. The Balaban J connectivity index is 0.000000276. The Morgan fingerprint density at radius 2 is 0.269 bits per heavy atom. The maximum atomic E-state index is 17.2. The average Bonchev–Trinajstić information content (AvgIpc) is 0.720. The van der Waals surface area contributed by atoms with Crippen LogP contribution >= 0.6 is 30.3 Å². The molecule has 0 bridgehead atoms. The van der Waals surface area contributed by atoms with Gasteiger partial charge in [-0.2, -0.15) is 87.8 Å². The van der Waals surface area contributed by atoms with Crippen molar-refractivity contribution in [3.8, 4) is 0 Å². The lowest BCUT2D eigenvalue weighted by Gasteiger charge is -2.21. The van der Waals surface area contributed by atoms with Crippen molar-refractivity contribution < 1.29 is 156 Å². The summed E-state index contributed by atoms with van der Waals surface area (Å²) in [4.78, 5) is 0. The molecule has 0 fully saturated rings. The van der Waals surface area contributed by atoms with Crippen LogP contribution in [0.5, 0.6) is 0 Å². The van der Waals surface area contributed by atoms with Crippen LogP contribution in [0.4, 0.5) is 105 Å². The fourth-order valence-electron chi connectivity index (χ4n) is 9.00. The normalized spacial score (nSPS) is 12.6. The van der Waals surface area contributed by atoms with Gasteiger partial charge in [-0.15, -0.1) is 0 Å². The van der Waals surface area contributed by atoms with E-state index in [1.807, 2.05) is 0 Å². The number of halogens is 24. The van der Waals surface area contributed by atoms with Gasteiger partial charge in [0.15, 0.2) is 40.5 Å². The van der Waals surface area contributed by atoms with E-state index in [4.69, 9.17) is 51.9 Å². The summed E-state index contributed by atoms with van der Waals surface area (Å²) in [5, 5.41) is -6.58. The second kappa shape index (κ2) is 35.3. The average molecular weight is 1710 g/mol. The second-order valence-corrected chi connectivity index (χ2v) is 36.7.